The predicted octanol–water partition coefficient (Wildman–Crippen LogP) is 3.23. The van der Waals surface area contributed by atoms with E-state index in [1.54, 1.807) is 30.3 Å². The summed E-state index contributed by atoms with van der Waals surface area (Å²) in [5.41, 5.74) is 2.01. The van der Waals surface area contributed by atoms with E-state index in [1.165, 1.54) is 14.2 Å². The first-order valence-electron chi connectivity index (χ1n) is 8.75. The second-order valence-electron chi connectivity index (χ2n) is 6.63. The first-order chi connectivity index (χ1) is 13.2. The number of hydrogen-bond acceptors (Lipinski definition) is 5. The molecule has 0 aliphatic carbocycles. The SMILES string of the molecule is COc1ccc(N(CC(=O)Nc2ccc(C(C)C)cc2)S(C)(=O)=O)c(OC)c1. The van der Waals surface area contributed by atoms with Crippen LogP contribution in [0.15, 0.2) is 42.5 Å². The zero-order chi connectivity index (χ0) is 20.9. The lowest BCUT2D eigenvalue weighted by molar-refractivity contribution is -0.114. The van der Waals surface area contributed by atoms with Crippen LogP contribution in [-0.2, 0) is 14.8 Å². The lowest BCUT2D eigenvalue weighted by atomic mass is 10.0. The van der Waals surface area contributed by atoms with Crippen molar-refractivity contribution < 1.29 is 22.7 Å². The molecule has 28 heavy (non-hydrogen) atoms. The molecule has 0 unspecified atom stereocenters. The van der Waals surface area contributed by atoms with Crippen LogP contribution in [0.3, 0.4) is 0 Å². The first kappa shape index (κ1) is 21.6. The molecular weight excluding hydrogens is 380 g/mol. The number of ether oxygens (including phenoxy) is 2. The van der Waals surface area contributed by atoms with Gasteiger partial charge < -0.3 is 14.8 Å². The van der Waals surface area contributed by atoms with Crippen LogP contribution in [0.25, 0.3) is 0 Å². The second-order valence-corrected chi connectivity index (χ2v) is 8.54. The van der Waals surface area contributed by atoms with Crippen molar-refractivity contribution in [1.29, 1.82) is 0 Å². The number of rotatable bonds is 8. The van der Waals surface area contributed by atoms with Gasteiger partial charge >= 0.3 is 0 Å². The number of sulfonamides is 1. The molecule has 1 amide bonds. The van der Waals surface area contributed by atoms with E-state index < -0.39 is 15.9 Å². The summed E-state index contributed by atoms with van der Waals surface area (Å²) in [6.45, 7) is 3.78. The number of amides is 1. The fraction of sp³-hybridized carbons (Fsp3) is 0.350. The van der Waals surface area contributed by atoms with Gasteiger partial charge in [-0.2, -0.15) is 0 Å². The Balaban J connectivity index is 2.24. The molecule has 0 spiro atoms. The molecule has 0 radical (unpaired) electrons. The minimum atomic E-state index is -3.72. The Labute approximate surface area is 166 Å². The van der Waals surface area contributed by atoms with E-state index in [9.17, 15) is 13.2 Å². The molecule has 2 rings (SSSR count). The maximum Gasteiger partial charge on any atom is 0.245 e. The number of methoxy groups -OCH3 is 2. The van der Waals surface area contributed by atoms with E-state index in [2.05, 4.69) is 19.2 Å². The molecule has 2 aromatic carbocycles. The molecule has 2 aromatic rings. The smallest absolute Gasteiger partial charge is 0.245 e. The van der Waals surface area contributed by atoms with Crippen molar-refractivity contribution in [2.45, 2.75) is 19.8 Å². The van der Waals surface area contributed by atoms with Gasteiger partial charge in [-0.25, -0.2) is 8.42 Å². The summed E-state index contributed by atoms with van der Waals surface area (Å²) >= 11 is 0. The number of carbonyl (C=O) groups excluding carboxylic acids is 1. The largest absolute Gasteiger partial charge is 0.497 e. The lowest BCUT2D eigenvalue weighted by Gasteiger charge is -2.24. The maximum absolute atomic E-state index is 12.5. The minimum Gasteiger partial charge on any atom is -0.497 e. The summed E-state index contributed by atoms with van der Waals surface area (Å²) in [6.07, 6.45) is 1.04. The van der Waals surface area contributed by atoms with Gasteiger partial charge in [-0.3, -0.25) is 9.10 Å². The van der Waals surface area contributed by atoms with Crippen molar-refractivity contribution in [2.75, 3.05) is 36.6 Å². The van der Waals surface area contributed by atoms with Crippen LogP contribution in [0, 0.1) is 0 Å². The van der Waals surface area contributed by atoms with Gasteiger partial charge in [0.15, 0.2) is 0 Å². The summed E-state index contributed by atoms with van der Waals surface area (Å²) in [4.78, 5) is 12.5. The Morgan fingerprint density at radius 1 is 1.07 bits per heavy atom. The Morgan fingerprint density at radius 3 is 2.21 bits per heavy atom. The van der Waals surface area contributed by atoms with E-state index in [0.29, 0.717) is 23.1 Å². The number of benzene rings is 2. The van der Waals surface area contributed by atoms with Gasteiger partial charge in [0.2, 0.25) is 15.9 Å². The molecule has 1 N–H and O–H groups in total. The van der Waals surface area contributed by atoms with Gasteiger partial charge in [0.05, 0.1) is 26.2 Å². The summed E-state index contributed by atoms with van der Waals surface area (Å²) in [5.74, 6) is 0.733. The van der Waals surface area contributed by atoms with E-state index >= 15 is 0 Å². The van der Waals surface area contributed by atoms with Gasteiger partial charge in [0, 0.05) is 11.8 Å². The number of hydrogen-bond donors (Lipinski definition) is 1. The van der Waals surface area contributed by atoms with Crippen molar-refractivity contribution in [1.82, 2.24) is 0 Å². The summed E-state index contributed by atoms with van der Waals surface area (Å²) in [6, 6.07) is 12.2. The molecule has 7 nitrogen and oxygen atoms in total. The van der Waals surface area contributed by atoms with Crippen molar-refractivity contribution in [2.24, 2.45) is 0 Å². The number of nitrogens with one attached hydrogen (secondary N) is 1. The molecule has 0 saturated carbocycles. The van der Waals surface area contributed by atoms with E-state index in [0.717, 1.165) is 16.1 Å². The number of anilines is 2. The Hall–Kier alpha value is -2.74. The van der Waals surface area contributed by atoms with E-state index in [-0.39, 0.29) is 12.2 Å². The van der Waals surface area contributed by atoms with Crippen LogP contribution < -0.4 is 19.1 Å². The lowest BCUT2D eigenvalue weighted by Crippen LogP contribution is -2.37. The highest BCUT2D eigenvalue weighted by Gasteiger charge is 2.24. The number of carbonyl (C=O) groups is 1. The molecule has 0 aliphatic heterocycles. The van der Waals surface area contributed by atoms with E-state index in [4.69, 9.17) is 9.47 Å². The quantitative estimate of drug-likeness (QED) is 0.727. The highest BCUT2D eigenvalue weighted by atomic mass is 32.2. The van der Waals surface area contributed by atoms with Gasteiger partial charge in [-0.1, -0.05) is 26.0 Å². The molecule has 0 saturated heterocycles. The zero-order valence-electron chi connectivity index (χ0n) is 16.7. The summed E-state index contributed by atoms with van der Waals surface area (Å²) < 4.78 is 36.1. The first-order valence-corrected chi connectivity index (χ1v) is 10.6. The van der Waals surface area contributed by atoms with Gasteiger partial charge in [0.1, 0.15) is 18.0 Å². The molecule has 0 aromatic heterocycles. The van der Waals surface area contributed by atoms with Crippen LogP contribution in [0.1, 0.15) is 25.3 Å². The molecular formula is C20H26N2O5S. The Morgan fingerprint density at radius 2 is 1.71 bits per heavy atom. The minimum absolute atomic E-state index is 0.260. The summed E-state index contributed by atoms with van der Waals surface area (Å²) in [5, 5.41) is 2.73. The maximum atomic E-state index is 12.5. The Bertz CT molecular complexity index is 924. The van der Waals surface area contributed by atoms with E-state index in [1.807, 2.05) is 12.1 Å². The fourth-order valence-electron chi connectivity index (χ4n) is 2.65. The summed E-state index contributed by atoms with van der Waals surface area (Å²) in [7, 11) is -0.797. The van der Waals surface area contributed by atoms with Crippen LogP contribution in [0.2, 0.25) is 0 Å². The monoisotopic (exact) mass is 406 g/mol. The number of nitrogens with zero attached hydrogens (tertiary/aromatic N) is 1. The standard InChI is InChI=1S/C20H26N2O5S/c1-14(2)15-6-8-16(9-7-15)21-20(23)13-22(28(5,24)25)18-11-10-17(26-3)12-19(18)27-4/h6-12,14H,13H2,1-5H3,(H,21,23). The normalized spacial score (nSPS) is 11.2. The molecule has 8 heteroatoms. The van der Waals surface area contributed by atoms with Crippen molar-refractivity contribution in [3.05, 3.63) is 48.0 Å². The highest BCUT2D eigenvalue weighted by molar-refractivity contribution is 7.92. The fourth-order valence-corrected chi connectivity index (χ4v) is 3.51. The topological polar surface area (TPSA) is 84.9 Å². The third kappa shape index (κ3) is 5.39. The van der Waals surface area contributed by atoms with Crippen LogP contribution in [-0.4, -0.2) is 41.3 Å². The molecule has 152 valence electrons. The highest BCUT2D eigenvalue weighted by Crippen LogP contribution is 2.33. The van der Waals surface area contributed by atoms with Gasteiger partial charge in [-0.05, 0) is 35.7 Å². The van der Waals surface area contributed by atoms with Crippen LogP contribution in [0.4, 0.5) is 11.4 Å². The zero-order valence-corrected chi connectivity index (χ0v) is 17.5. The molecule has 0 fully saturated rings. The average Bonchev–Trinajstić information content (AvgIpc) is 2.65. The molecule has 0 aliphatic rings. The third-order valence-corrected chi connectivity index (χ3v) is 5.33. The van der Waals surface area contributed by atoms with Crippen molar-refractivity contribution in [3.8, 4) is 11.5 Å². The predicted molar refractivity (Wildman–Crippen MR) is 111 cm³/mol. The van der Waals surface area contributed by atoms with Crippen LogP contribution >= 0.6 is 0 Å². The van der Waals surface area contributed by atoms with Crippen molar-refractivity contribution >= 4 is 27.3 Å². The van der Waals surface area contributed by atoms with Gasteiger partial charge in [-0.15, -0.1) is 0 Å². The molecule has 0 bridgehead atoms. The Kier molecular flexibility index (Phi) is 6.90. The second kappa shape index (κ2) is 8.97. The van der Waals surface area contributed by atoms with Gasteiger partial charge in [0.25, 0.3) is 0 Å². The van der Waals surface area contributed by atoms with Crippen molar-refractivity contribution in [3.63, 3.8) is 0 Å². The average molecular weight is 407 g/mol. The van der Waals surface area contributed by atoms with Crippen LogP contribution in [0.5, 0.6) is 11.5 Å². The third-order valence-electron chi connectivity index (χ3n) is 4.20. The molecule has 0 atom stereocenters. The molecule has 0 heterocycles.